The fourth-order valence-corrected chi connectivity index (χ4v) is 4.54. The number of benzene rings is 1. The quantitative estimate of drug-likeness (QED) is 0.764. The molecule has 0 bridgehead atoms. The number of fused-ring (bicyclic) bond motifs is 1. The smallest absolute Gasteiger partial charge is 0.290 e. The third kappa shape index (κ3) is 6.42. The van der Waals surface area contributed by atoms with Gasteiger partial charge in [0.1, 0.15) is 5.82 Å². The maximum Gasteiger partial charge on any atom is 0.290 e. The van der Waals surface area contributed by atoms with E-state index in [0.29, 0.717) is 0 Å². The summed E-state index contributed by atoms with van der Waals surface area (Å²) >= 11 is 0. The van der Waals surface area contributed by atoms with Crippen molar-refractivity contribution < 1.29 is 19.8 Å². The van der Waals surface area contributed by atoms with Crippen LogP contribution >= 0.6 is 0 Å². The Bertz CT molecular complexity index is 754. The highest BCUT2D eigenvalue weighted by Crippen LogP contribution is 2.32. The molecule has 0 spiro atoms. The Hall–Kier alpha value is -2.67. The lowest BCUT2D eigenvalue weighted by atomic mass is 9.83. The van der Waals surface area contributed by atoms with Gasteiger partial charge < -0.3 is 19.7 Å². The van der Waals surface area contributed by atoms with Crippen molar-refractivity contribution in [2.75, 3.05) is 13.1 Å². The van der Waals surface area contributed by atoms with E-state index in [0.717, 1.165) is 24.3 Å². The van der Waals surface area contributed by atoms with Gasteiger partial charge in [-0.1, -0.05) is 30.2 Å². The molecule has 4 rings (SSSR count). The maximum absolute atomic E-state index is 8.36. The number of carbonyl (C=O) groups is 2. The summed E-state index contributed by atoms with van der Waals surface area (Å²) < 4.78 is 2.39. The third-order valence-electron chi connectivity index (χ3n) is 5.65. The van der Waals surface area contributed by atoms with Crippen molar-refractivity contribution in [3.05, 3.63) is 42.2 Å². The topological polar surface area (TPSA) is 95.7 Å². The molecule has 0 aliphatic carbocycles. The largest absolute Gasteiger partial charge is 0.483 e. The number of nitrogens with zero attached hydrogens (tertiary/aromatic N) is 3. The molecule has 1 aromatic carbocycles. The normalized spacial score (nSPS) is 20.9. The van der Waals surface area contributed by atoms with Crippen LogP contribution in [-0.2, 0) is 16.1 Å². The first kappa shape index (κ1) is 22.6. The Morgan fingerprint density at radius 2 is 1.83 bits per heavy atom. The van der Waals surface area contributed by atoms with Gasteiger partial charge in [-0.2, -0.15) is 0 Å². The number of aryl methyl sites for hydroxylation is 1. The van der Waals surface area contributed by atoms with E-state index in [1.807, 2.05) is 6.20 Å². The minimum absolute atomic E-state index is 0.250. The molecule has 2 atom stereocenters. The summed E-state index contributed by atoms with van der Waals surface area (Å²) in [6.07, 6.45) is 11.0. The lowest BCUT2D eigenvalue weighted by Gasteiger charge is -2.44. The molecule has 158 valence electrons. The van der Waals surface area contributed by atoms with Crippen molar-refractivity contribution >= 4 is 12.9 Å². The number of rotatable bonds is 3. The van der Waals surface area contributed by atoms with Gasteiger partial charge in [0.25, 0.3) is 12.9 Å². The van der Waals surface area contributed by atoms with E-state index in [9.17, 15) is 0 Å². The van der Waals surface area contributed by atoms with Crippen LogP contribution in [0.25, 0.3) is 11.4 Å². The highest BCUT2D eigenvalue weighted by molar-refractivity contribution is 5.56. The molecule has 2 saturated heterocycles. The minimum atomic E-state index is -0.250. The number of carboxylic acid groups (broad SMARTS) is 2. The zero-order valence-electron chi connectivity index (χ0n) is 17.0. The van der Waals surface area contributed by atoms with Crippen LogP contribution in [0, 0.1) is 12.8 Å². The standard InChI is InChI=1S/C20H27N3.2CH2O2/c1-16-6-4-7-17(14-16)20-21-10-13-23(20)15-18-8-5-12-22-11-3-2-9-19(18)22;2*2-1-3/h4,6-7,10,13-14,18-19H,2-3,5,8-9,11-12,15H2,1H3;2*1H,(H,2,3)/t18-,19+;;/m0../s1. The second-order valence-electron chi connectivity index (χ2n) is 7.48. The number of piperidine rings is 2. The summed E-state index contributed by atoms with van der Waals surface area (Å²) in [4.78, 5) is 24.1. The predicted molar refractivity (Wildman–Crippen MR) is 112 cm³/mol. The molecule has 7 nitrogen and oxygen atoms in total. The van der Waals surface area contributed by atoms with Gasteiger partial charge in [-0.3, -0.25) is 9.59 Å². The zero-order valence-corrected chi connectivity index (χ0v) is 17.0. The Balaban J connectivity index is 0.000000449. The van der Waals surface area contributed by atoms with Crippen LogP contribution in [0.5, 0.6) is 0 Å². The molecule has 2 fully saturated rings. The monoisotopic (exact) mass is 401 g/mol. The fourth-order valence-electron chi connectivity index (χ4n) is 4.54. The fraction of sp³-hybridized carbons (Fsp3) is 0.500. The van der Waals surface area contributed by atoms with E-state index in [1.165, 1.54) is 56.3 Å². The van der Waals surface area contributed by atoms with Gasteiger partial charge in [-0.05, 0) is 57.7 Å². The molecule has 3 heterocycles. The van der Waals surface area contributed by atoms with Crippen LogP contribution in [0.15, 0.2) is 36.7 Å². The molecular weight excluding hydrogens is 370 g/mol. The van der Waals surface area contributed by atoms with Crippen molar-refractivity contribution in [3.63, 3.8) is 0 Å². The molecule has 2 aliphatic heterocycles. The van der Waals surface area contributed by atoms with Crippen molar-refractivity contribution in [2.45, 2.75) is 51.6 Å². The molecule has 2 N–H and O–H groups in total. The average Bonchev–Trinajstić information content (AvgIpc) is 3.18. The van der Waals surface area contributed by atoms with Gasteiger partial charge in [0.2, 0.25) is 0 Å². The molecule has 0 saturated carbocycles. The lowest BCUT2D eigenvalue weighted by molar-refractivity contribution is -0.123. The van der Waals surface area contributed by atoms with Gasteiger partial charge >= 0.3 is 0 Å². The molecule has 7 heteroatoms. The van der Waals surface area contributed by atoms with Gasteiger partial charge in [0.05, 0.1) is 0 Å². The highest BCUT2D eigenvalue weighted by Gasteiger charge is 2.33. The van der Waals surface area contributed by atoms with Crippen LogP contribution in [0.1, 0.15) is 37.7 Å². The van der Waals surface area contributed by atoms with E-state index >= 15 is 0 Å². The Labute approximate surface area is 172 Å². The summed E-state index contributed by atoms with van der Waals surface area (Å²) in [6, 6.07) is 9.50. The van der Waals surface area contributed by atoms with Gasteiger partial charge in [-0.15, -0.1) is 0 Å². The summed E-state index contributed by atoms with van der Waals surface area (Å²) in [6.45, 7) is 5.40. The summed E-state index contributed by atoms with van der Waals surface area (Å²) in [5.74, 6) is 1.91. The Morgan fingerprint density at radius 1 is 1.10 bits per heavy atom. The second kappa shape index (κ2) is 12.0. The summed E-state index contributed by atoms with van der Waals surface area (Å²) in [5.41, 5.74) is 2.54. The highest BCUT2D eigenvalue weighted by atomic mass is 16.3. The van der Waals surface area contributed by atoms with Gasteiger partial charge in [-0.25, -0.2) is 4.98 Å². The number of hydrogen-bond donors (Lipinski definition) is 2. The van der Waals surface area contributed by atoms with Gasteiger partial charge in [0.15, 0.2) is 0 Å². The van der Waals surface area contributed by atoms with E-state index in [4.69, 9.17) is 19.8 Å². The number of hydrogen-bond acceptors (Lipinski definition) is 4. The van der Waals surface area contributed by atoms with E-state index < -0.39 is 0 Å². The number of imidazole rings is 1. The van der Waals surface area contributed by atoms with Crippen molar-refractivity contribution in [1.82, 2.24) is 14.5 Å². The van der Waals surface area contributed by atoms with Crippen LogP contribution in [0.3, 0.4) is 0 Å². The van der Waals surface area contributed by atoms with Crippen molar-refractivity contribution in [1.29, 1.82) is 0 Å². The van der Waals surface area contributed by atoms with E-state index in [1.54, 1.807) is 0 Å². The molecule has 0 radical (unpaired) electrons. The molecular formula is C22H31N3O4. The van der Waals surface area contributed by atoms with Crippen LogP contribution in [-0.4, -0.2) is 56.7 Å². The van der Waals surface area contributed by atoms with E-state index in [2.05, 4.69) is 51.8 Å². The third-order valence-corrected chi connectivity index (χ3v) is 5.65. The summed E-state index contributed by atoms with van der Waals surface area (Å²) in [7, 11) is 0. The van der Waals surface area contributed by atoms with Crippen LogP contribution in [0.2, 0.25) is 0 Å². The van der Waals surface area contributed by atoms with Crippen LogP contribution in [0.4, 0.5) is 0 Å². The zero-order chi connectivity index (χ0) is 21.1. The van der Waals surface area contributed by atoms with Crippen molar-refractivity contribution in [3.8, 4) is 11.4 Å². The average molecular weight is 402 g/mol. The SMILES string of the molecule is Cc1cccc(-c2nccn2C[C@@H]2CCCN3CCCC[C@H]23)c1.O=CO.O=CO. The van der Waals surface area contributed by atoms with E-state index in [-0.39, 0.29) is 12.9 Å². The minimum Gasteiger partial charge on any atom is -0.483 e. The molecule has 2 aliphatic rings. The second-order valence-corrected chi connectivity index (χ2v) is 7.48. The Morgan fingerprint density at radius 3 is 2.55 bits per heavy atom. The lowest BCUT2D eigenvalue weighted by Crippen LogP contribution is -2.49. The summed E-state index contributed by atoms with van der Waals surface area (Å²) in [5, 5.41) is 13.8. The first-order valence-electron chi connectivity index (χ1n) is 10.1. The molecule has 0 amide bonds. The molecule has 29 heavy (non-hydrogen) atoms. The van der Waals surface area contributed by atoms with Crippen molar-refractivity contribution in [2.24, 2.45) is 5.92 Å². The molecule has 0 unspecified atom stereocenters. The van der Waals surface area contributed by atoms with Crippen LogP contribution < -0.4 is 0 Å². The number of aromatic nitrogens is 2. The molecule has 2 aromatic rings. The first-order valence-corrected chi connectivity index (χ1v) is 10.1. The Kier molecular flexibility index (Phi) is 9.37. The van der Waals surface area contributed by atoms with Gasteiger partial charge in [0, 0.05) is 30.5 Å². The molecule has 1 aromatic heterocycles. The predicted octanol–water partition coefficient (Wildman–Crippen LogP) is 3.52. The maximum atomic E-state index is 8.36. The first-order chi connectivity index (χ1) is 14.1.